The van der Waals surface area contributed by atoms with Gasteiger partial charge in [-0.2, -0.15) is 0 Å². The van der Waals surface area contributed by atoms with Crippen LogP contribution in [0.4, 0.5) is 23.0 Å². The van der Waals surface area contributed by atoms with Crippen LogP contribution in [0.1, 0.15) is 39.1 Å². The van der Waals surface area contributed by atoms with Gasteiger partial charge in [0, 0.05) is 28.4 Å². The van der Waals surface area contributed by atoms with E-state index in [9.17, 15) is 0 Å². The fourth-order valence-electron chi connectivity index (χ4n) is 4.25. The number of nitrogens with zero attached hydrogens (tertiary/aromatic N) is 6. The van der Waals surface area contributed by atoms with Crippen LogP contribution in [-0.4, -0.2) is 26.6 Å². The van der Waals surface area contributed by atoms with Gasteiger partial charge in [-0.05, 0) is 30.3 Å². The molecule has 166 valence electrons. The summed E-state index contributed by atoms with van der Waals surface area (Å²) in [6.45, 7) is 9.48. The van der Waals surface area contributed by atoms with E-state index in [2.05, 4.69) is 96.0 Å². The maximum Gasteiger partial charge on any atom is 0.178 e. The van der Waals surface area contributed by atoms with Crippen LogP contribution in [0.25, 0.3) is 0 Å². The van der Waals surface area contributed by atoms with Crippen molar-refractivity contribution < 1.29 is 0 Å². The molecule has 1 aliphatic heterocycles. The Bertz CT molecular complexity index is 1240. The van der Waals surface area contributed by atoms with E-state index in [-0.39, 0.29) is 10.8 Å². The fourth-order valence-corrected chi connectivity index (χ4v) is 4.25. The molecule has 33 heavy (non-hydrogen) atoms. The summed E-state index contributed by atoms with van der Waals surface area (Å²) in [7, 11) is 0. The van der Waals surface area contributed by atoms with Crippen molar-refractivity contribution in [2.45, 2.75) is 38.5 Å². The highest BCUT2D eigenvalue weighted by Crippen LogP contribution is 2.46. The van der Waals surface area contributed by atoms with Crippen LogP contribution in [-0.2, 0) is 10.8 Å². The van der Waals surface area contributed by atoms with Gasteiger partial charge < -0.3 is 9.80 Å². The summed E-state index contributed by atoms with van der Waals surface area (Å²) in [6, 6.07) is 22.7. The molecule has 0 atom stereocenters. The molecule has 0 unspecified atom stereocenters. The summed E-state index contributed by atoms with van der Waals surface area (Å²) in [5, 5.41) is 0. The normalized spacial score (nSPS) is 13.8. The maximum absolute atomic E-state index is 5.23. The maximum atomic E-state index is 5.23. The molecule has 4 aromatic rings. The van der Waals surface area contributed by atoms with Crippen LogP contribution in [0.2, 0.25) is 0 Å². The highest BCUT2D eigenvalue weighted by atomic mass is 15.4. The molecule has 0 N–H and O–H groups in total. The van der Waals surface area contributed by atoms with Crippen LogP contribution in [0.3, 0.4) is 0 Å². The minimum absolute atomic E-state index is 0.284. The summed E-state index contributed by atoms with van der Waals surface area (Å²) in [4.78, 5) is 23.3. The summed E-state index contributed by atoms with van der Waals surface area (Å²) in [5.41, 5.74) is 3.49. The Labute approximate surface area is 195 Å². The molecule has 0 amide bonds. The first-order valence-corrected chi connectivity index (χ1v) is 11.2. The van der Waals surface area contributed by atoms with Gasteiger partial charge >= 0.3 is 0 Å². The third-order valence-electron chi connectivity index (χ3n) is 7.09. The number of hydrogen-bond acceptors (Lipinski definition) is 6. The van der Waals surface area contributed by atoms with E-state index in [0.717, 1.165) is 34.4 Å². The lowest BCUT2D eigenvalue weighted by atomic mass is 9.64. The Kier molecular flexibility index (Phi) is 5.08. The van der Waals surface area contributed by atoms with Crippen molar-refractivity contribution in [3.63, 3.8) is 0 Å². The average molecular weight is 437 g/mol. The molecular weight excluding hydrogens is 408 g/mol. The Morgan fingerprint density at radius 2 is 1.24 bits per heavy atom. The molecule has 0 saturated carbocycles. The van der Waals surface area contributed by atoms with Crippen molar-refractivity contribution in [3.8, 4) is 0 Å². The van der Waals surface area contributed by atoms with Crippen LogP contribution >= 0.6 is 0 Å². The van der Waals surface area contributed by atoms with Crippen LogP contribution < -0.4 is 9.80 Å². The molecule has 0 spiro atoms. The number of fused-ring (bicyclic) bond motifs is 1. The molecule has 0 saturated heterocycles. The van der Waals surface area contributed by atoms with Gasteiger partial charge in [-0.15, -0.1) is 0 Å². The number of rotatable bonds is 5. The predicted molar refractivity (Wildman–Crippen MR) is 132 cm³/mol. The second kappa shape index (κ2) is 7.96. The zero-order chi connectivity index (χ0) is 23.1. The van der Waals surface area contributed by atoms with Crippen molar-refractivity contribution in [1.82, 2.24) is 19.9 Å². The van der Waals surface area contributed by atoms with Gasteiger partial charge in [-0.25, -0.2) is 19.9 Å². The first-order valence-electron chi connectivity index (χ1n) is 11.2. The Hall–Kier alpha value is -3.80. The van der Waals surface area contributed by atoms with E-state index in [0.29, 0.717) is 6.67 Å². The lowest BCUT2D eigenvalue weighted by Crippen LogP contribution is -2.42. The van der Waals surface area contributed by atoms with Gasteiger partial charge in [0.05, 0.1) is 17.6 Å². The monoisotopic (exact) mass is 436 g/mol. The number of anilines is 4. The van der Waals surface area contributed by atoms with Gasteiger partial charge in [0.15, 0.2) is 11.6 Å². The van der Waals surface area contributed by atoms with Gasteiger partial charge in [0.25, 0.3) is 0 Å². The number of para-hydroxylation sites is 2. The molecule has 1 aliphatic rings. The number of hydrogen-bond donors (Lipinski definition) is 0. The number of aromatic nitrogens is 4. The largest absolute Gasteiger partial charge is 0.305 e. The minimum Gasteiger partial charge on any atom is -0.305 e. The summed E-state index contributed by atoms with van der Waals surface area (Å²) >= 11 is 0. The van der Waals surface area contributed by atoms with E-state index in [1.807, 2.05) is 24.4 Å². The van der Waals surface area contributed by atoms with Gasteiger partial charge in [0.1, 0.15) is 13.0 Å². The van der Waals surface area contributed by atoms with E-state index >= 15 is 0 Å². The molecule has 0 aliphatic carbocycles. The Morgan fingerprint density at radius 3 is 1.82 bits per heavy atom. The zero-order valence-corrected chi connectivity index (χ0v) is 19.5. The average Bonchev–Trinajstić information content (AvgIpc) is 3.24. The van der Waals surface area contributed by atoms with Crippen molar-refractivity contribution in [1.29, 1.82) is 0 Å². The lowest BCUT2D eigenvalue weighted by Gasteiger charge is -2.40. The van der Waals surface area contributed by atoms with Crippen molar-refractivity contribution in [2.75, 3.05) is 16.5 Å². The third-order valence-corrected chi connectivity index (χ3v) is 7.09. The smallest absolute Gasteiger partial charge is 0.178 e. The molecule has 0 fully saturated rings. The van der Waals surface area contributed by atoms with E-state index in [4.69, 9.17) is 9.97 Å². The summed E-state index contributed by atoms with van der Waals surface area (Å²) < 4.78 is 0. The van der Waals surface area contributed by atoms with E-state index in [1.165, 1.54) is 0 Å². The topological polar surface area (TPSA) is 58.0 Å². The standard InChI is InChI=1S/C27H28N6/c1-26(2,22-15-16-28-18-30-22)27(3,4)23-17-29-24-25(31-23)33(21-13-9-6-10-14-21)19-32(24)20-11-7-5-8-12-20/h5-18H,19H2,1-4H3. The molecule has 5 rings (SSSR count). The molecule has 2 aromatic heterocycles. The van der Waals surface area contributed by atoms with Crippen LogP contribution in [0.5, 0.6) is 0 Å². The van der Waals surface area contributed by atoms with Gasteiger partial charge in [-0.1, -0.05) is 64.1 Å². The predicted octanol–water partition coefficient (Wildman–Crippen LogP) is 5.77. The second-order valence-corrected chi connectivity index (χ2v) is 9.42. The molecule has 0 bridgehead atoms. The Morgan fingerprint density at radius 1 is 0.667 bits per heavy atom. The highest BCUT2D eigenvalue weighted by Gasteiger charge is 2.43. The minimum atomic E-state index is -0.327. The van der Waals surface area contributed by atoms with Crippen molar-refractivity contribution >= 4 is 23.0 Å². The van der Waals surface area contributed by atoms with Crippen LogP contribution in [0, 0.1) is 0 Å². The lowest BCUT2D eigenvalue weighted by molar-refractivity contribution is 0.287. The Balaban J connectivity index is 1.62. The quantitative estimate of drug-likeness (QED) is 0.396. The summed E-state index contributed by atoms with van der Waals surface area (Å²) in [6.07, 6.45) is 5.33. The van der Waals surface area contributed by atoms with Gasteiger partial charge in [-0.3, -0.25) is 0 Å². The second-order valence-electron chi connectivity index (χ2n) is 9.42. The zero-order valence-electron chi connectivity index (χ0n) is 19.5. The first-order chi connectivity index (χ1) is 15.9. The highest BCUT2D eigenvalue weighted by molar-refractivity contribution is 5.81. The molecule has 6 nitrogen and oxygen atoms in total. The molecule has 0 radical (unpaired) electrons. The van der Waals surface area contributed by atoms with Crippen molar-refractivity contribution in [3.05, 3.63) is 96.8 Å². The van der Waals surface area contributed by atoms with Crippen molar-refractivity contribution in [2.24, 2.45) is 0 Å². The molecular formula is C27H28N6. The first kappa shape index (κ1) is 21.1. The summed E-state index contributed by atoms with van der Waals surface area (Å²) in [5.74, 6) is 1.73. The van der Waals surface area contributed by atoms with Crippen LogP contribution in [0.15, 0.2) is 85.5 Å². The molecule has 3 heterocycles. The third kappa shape index (κ3) is 3.52. The van der Waals surface area contributed by atoms with E-state index < -0.39 is 0 Å². The number of benzene rings is 2. The fraction of sp³-hybridized carbons (Fsp3) is 0.259. The van der Waals surface area contributed by atoms with Gasteiger partial charge in [0.2, 0.25) is 0 Å². The van der Waals surface area contributed by atoms with E-state index in [1.54, 1.807) is 12.5 Å². The SMILES string of the molecule is CC(C)(c1ccncn1)C(C)(C)c1cnc2c(n1)N(c1ccccc1)CN2c1ccccc1. The molecule has 6 heteroatoms. The molecule has 2 aromatic carbocycles.